The third-order valence-corrected chi connectivity index (χ3v) is 6.22. The van der Waals surface area contributed by atoms with Crippen molar-refractivity contribution in [3.63, 3.8) is 0 Å². The van der Waals surface area contributed by atoms with E-state index in [-0.39, 0.29) is 23.7 Å². The smallest absolute Gasteiger partial charge is 0.270 e. The summed E-state index contributed by atoms with van der Waals surface area (Å²) >= 11 is 0. The molecule has 1 N–H and O–H groups in total. The van der Waals surface area contributed by atoms with E-state index in [2.05, 4.69) is 10.4 Å². The van der Waals surface area contributed by atoms with Crippen LogP contribution in [-0.2, 0) is 9.59 Å². The number of nitrogens with zero attached hydrogens (tertiary/aromatic N) is 2. The van der Waals surface area contributed by atoms with Crippen molar-refractivity contribution in [3.8, 4) is 0 Å². The van der Waals surface area contributed by atoms with Crippen molar-refractivity contribution in [2.45, 2.75) is 11.8 Å². The number of rotatable bonds is 4. The largest absolute Gasteiger partial charge is 0.272 e. The van der Waals surface area contributed by atoms with Crippen molar-refractivity contribution in [2.75, 3.05) is 0 Å². The Morgan fingerprint density at radius 1 is 0.719 bits per heavy atom. The summed E-state index contributed by atoms with van der Waals surface area (Å²) in [5.41, 5.74) is 4.79. The molecule has 5 rings (SSSR count). The molecule has 1 saturated heterocycles. The van der Waals surface area contributed by atoms with Gasteiger partial charge in [-0.3, -0.25) is 24.8 Å². The molecule has 2 heterocycles. The highest BCUT2D eigenvalue weighted by atomic mass is 16.2. The van der Waals surface area contributed by atoms with E-state index in [0.717, 1.165) is 16.1 Å². The lowest BCUT2D eigenvalue weighted by molar-refractivity contribution is -0.142. The van der Waals surface area contributed by atoms with Gasteiger partial charge < -0.3 is 0 Å². The number of nitrogens with one attached hydrogen (secondary N) is 1. The lowest BCUT2D eigenvalue weighted by Gasteiger charge is -2.32. The summed E-state index contributed by atoms with van der Waals surface area (Å²) in [5.74, 6) is -2.99. The van der Waals surface area contributed by atoms with Gasteiger partial charge in [-0.25, -0.2) is 0 Å². The topological polar surface area (TPSA) is 79.4 Å². The molecule has 0 bridgehead atoms. The number of hydrogen-bond acceptors (Lipinski definition) is 4. The summed E-state index contributed by atoms with van der Waals surface area (Å²) in [7, 11) is 0. The Balaban J connectivity index is 1.53. The molecule has 4 atom stereocenters. The lowest BCUT2D eigenvalue weighted by Crippen LogP contribution is -2.46. The number of benzene rings is 2. The fourth-order valence-electron chi connectivity index (χ4n) is 4.71. The molecule has 1 aromatic heterocycles. The third-order valence-electron chi connectivity index (χ3n) is 6.22. The summed E-state index contributed by atoms with van der Waals surface area (Å²) in [6.07, 6.45) is 7.02. The van der Waals surface area contributed by atoms with Gasteiger partial charge >= 0.3 is 0 Å². The second-order valence-corrected chi connectivity index (χ2v) is 8.00. The Kier molecular flexibility index (Phi) is 5.11. The molecule has 1 aliphatic carbocycles. The van der Waals surface area contributed by atoms with Crippen molar-refractivity contribution in [1.82, 2.24) is 15.4 Å². The van der Waals surface area contributed by atoms with E-state index in [9.17, 15) is 14.4 Å². The predicted octanol–water partition coefficient (Wildman–Crippen LogP) is 3.47. The fourth-order valence-corrected chi connectivity index (χ4v) is 4.71. The van der Waals surface area contributed by atoms with E-state index < -0.39 is 17.7 Å². The molecule has 6 nitrogen and oxygen atoms in total. The molecule has 32 heavy (non-hydrogen) atoms. The molecule has 2 aromatic carbocycles. The Bertz CT molecular complexity index is 1110. The maximum Gasteiger partial charge on any atom is 0.270 e. The van der Waals surface area contributed by atoms with E-state index in [1.165, 1.54) is 24.5 Å². The zero-order valence-electron chi connectivity index (χ0n) is 17.2. The van der Waals surface area contributed by atoms with Crippen molar-refractivity contribution >= 4 is 17.7 Å². The summed E-state index contributed by atoms with van der Waals surface area (Å²) in [6, 6.07) is 22.5. The van der Waals surface area contributed by atoms with E-state index in [1.807, 2.05) is 72.8 Å². The molecule has 158 valence electrons. The highest BCUT2D eigenvalue weighted by Gasteiger charge is 2.55. The van der Waals surface area contributed by atoms with E-state index in [1.54, 1.807) is 0 Å². The number of allylic oxidation sites excluding steroid dienone is 2. The van der Waals surface area contributed by atoms with E-state index in [0.29, 0.717) is 5.56 Å². The van der Waals surface area contributed by atoms with Crippen LogP contribution in [0.25, 0.3) is 0 Å². The minimum absolute atomic E-state index is 0.250. The van der Waals surface area contributed by atoms with Crippen molar-refractivity contribution in [2.24, 2.45) is 11.8 Å². The molecule has 1 aliphatic heterocycles. The minimum Gasteiger partial charge on any atom is -0.272 e. The number of aromatic nitrogens is 1. The Morgan fingerprint density at radius 2 is 1.19 bits per heavy atom. The maximum atomic E-state index is 13.5. The molecular formula is C26H21N3O3. The number of fused-ring (bicyclic) bond motifs is 1. The molecule has 2 aliphatic rings. The lowest BCUT2D eigenvalue weighted by atomic mass is 9.68. The average Bonchev–Trinajstić information content (AvgIpc) is 3.10. The second kappa shape index (κ2) is 8.23. The van der Waals surface area contributed by atoms with Crippen LogP contribution in [0, 0.1) is 11.8 Å². The van der Waals surface area contributed by atoms with Crippen LogP contribution in [0.15, 0.2) is 97.3 Å². The van der Waals surface area contributed by atoms with Gasteiger partial charge in [-0.2, -0.15) is 5.01 Å². The number of carbonyl (C=O) groups excluding carboxylic acids is 3. The van der Waals surface area contributed by atoms with Gasteiger partial charge in [-0.15, -0.1) is 0 Å². The molecule has 0 saturated carbocycles. The van der Waals surface area contributed by atoms with E-state index in [4.69, 9.17) is 0 Å². The number of hydrogen-bond donors (Lipinski definition) is 1. The SMILES string of the molecule is O=C(NN1C(=O)[C@@H]2[C@H](C1=O)[C@H](c1ccccc1)C=C[C@@H]2c1ccccc1)c1ccncc1. The molecule has 3 amide bonds. The van der Waals surface area contributed by atoms with Crippen LogP contribution in [0.5, 0.6) is 0 Å². The first kappa shape index (κ1) is 19.9. The Labute approximate surface area is 185 Å². The van der Waals surface area contributed by atoms with E-state index >= 15 is 0 Å². The van der Waals surface area contributed by atoms with Crippen LogP contribution >= 0.6 is 0 Å². The zero-order valence-corrected chi connectivity index (χ0v) is 17.2. The average molecular weight is 423 g/mol. The third kappa shape index (κ3) is 3.39. The molecule has 6 heteroatoms. The normalized spacial score (nSPS) is 24.3. The predicted molar refractivity (Wildman–Crippen MR) is 118 cm³/mol. The fraction of sp³-hybridized carbons (Fsp3) is 0.154. The maximum absolute atomic E-state index is 13.5. The molecule has 0 spiro atoms. The number of carbonyl (C=O) groups is 3. The Hall–Kier alpha value is -4.06. The zero-order chi connectivity index (χ0) is 22.1. The van der Waals surface area contributed by atoms with Gasteiger partial charge in [0.2, 0.25) is 0 Å². The van der Waals surface area contributed by atoms with Crippen LogP contribution in [0.1, 0.15) is 33.3 Å². The van der Waals surface area contributed by atoms with Crippen molar-refractivity contribution in [1.29, 1.82) is 0 Å². The van der Waals surface area contributed by atoms with Crippen molar-refractivity contribution in [3.05, 3.63) is 114 Å². The monoisotopic (exact) mass is 423 g/mol. The molecule has 0 radical (unpaired) electrons. The molecule has 1 fully saturated rings. The summed E-state index contributed by atoms with van der Waals surface area (Å²) < 4.78 is 0. The summed E-state index contributed by atoms with van der Waals surface area (Å²) in [4.78, 5) is 43.6. The minimum atomic E-state index is -0.599. The first-order chi connectivity index (χ1) is 15.6. The van der Waals surface area contributed by atoms with Gasteiger partial charge in [0.05, 0.1) is 11.8 Å². The van der Waals surface area contributed by atoms with Gasteiger partial charge in [0.1, 0.15) is 0 Å². The van der Waals surface area contributed by atoms with Crippen LogP contribution in [0.3, 0.4) is 0 Å². The van der Waals surface area contributed by atoms with Gasteiger partial charge in [-0.05, 0) is 23.3 Å². The van der Waals surface area contributed by atoms with Gasteiger partial charge in [-0.1, -0.05) is 72.8 Å². The van der Waals surface area contributed by atoms with Gasteiger partial charge in [0.25, 0.3) is 17.7 Å². The summed E-state index contributed by atoms with van der Waals surface area (Å²) in [6.45, 7) is 0. The number of pyridine rings is 1. The summed E-state index contributed by atoms with van der Waals surface area (Å²) in [5, 5.41) is 0.914. The standard InChI is InChI=1S/C26H21N3O3/c30-24(19-13-15-27-16-14-19)28-29-25(31)22-20(17-7-3-1-4-8-17)11-12-21(23(22)26(29)32)18-9-5-2-6-10-18/h1-16,20-23H,(H,28,30)/t20-,21+,22+,23-. The number of imide groups is 1. The first-order valence-electron chi connectivity index (χ1n) is 10.5. The number of hydrazine groups is 1. The van der Waals surface area contributed by atoms with Gasteiger partial charge in [0, 0.05) is 29.8 Å². The highest BCUT2D eigenvalue weighted by molar-refractivity contribution is 6.09. The molecular weight excluding hydrogens is 402 g/mol. The quantitative estimate of drug-likeness (QED) is 0.515. The second-order valence-electron chi connectivity index (χ2n) is 8.00. The van der Waals surface area contributed by atoms with Crippen LogP contribution < -0.4 is 5.43 Å². The van der Waals surface area contributed by atoms with Crippen LogP contribution in [-0.4, -0.2) is 27.7 Å². The molecule has 0 unspecified atom stereocenters. The Morgan fingerprint density at radius 3 is 1.66 bits per heavy atom. The van der Waals surface area contributed by atoms with Gasteiger partial charge in [0.15, 0.2) is 0 Å². The number of amides is 3. The highest BCUT2D eigenvalue weighted by Crippen LogP contribution is 2.48. The molecule has 3 aromatic rings. The van der Waals surface area contributed by atoms with Crippen molar-refractivity contribution < 1.29 is 14.4 Å². The first-order valence-corrected chi connectivity index (χ1v) is 10.5. The van der Waals surface area contributed by atoms with Crippen LogP contribution in [0.4, 0.5) is 0 Å². The van der Waals surface area contributed by atoms with Crippen LogP contribution in [0.2, 0.25) is 0 Å².